The SMILES string of the molecule is COc1ccc(S(=O)(=O)N2C(=O)C(c3cc(CN(C)C)ccc3F)(N3CCCC3c3ncco3)c3cc(Cl)ccc32)cc1. The van der Waals surface area contributed by atoms with Gasteiger partial charge >= 0.3 is 0 Å². The Morgan fingerprint density at radius 3 is 2.56 bits per heavy atom. The lowest BCUT2D eigenvalue weighted by Crippen LogP contribution is -2.55. The van der Waals surface area contributed by atoms with E-state index in [1.165, 1.54) is 62.0 Å². The average molecular weight is 625 g/mol. The number of hydrogen-bond donors (Lipinski definition) is 0. The maximum absolute atomic E-state index is 16.3. The lowest BCUT2D eigenvalue weighted by Gasteiger charge is -2.41. The van der Waals surface area contributed by atoms with Crippen LogP contribution in [-0.4, -0.2) is 56.9 Å². The number of likely N-dealkylation sites (tertiary alicyclic amines) is 1. The number of sulfonamides is 1. The molecule has 1 saturated heterocycles. The maximum atomic E-state index is 16.3. The van der Waals surface area contributed by atoms with Gasteiger partial charge in [-0.15, -0.1) is 0 Å². The maximum Gasteiger partial charge on any atom is 0.271 e. The van der Waals surface area contributed by atoms with Crippen LogP contribution in [0.2, 0.25) is 5.02 Å². The van der Waals surface area contributed by atoms with E-state index in [0.29, 0.717) is 37.6 Å². The van der Waals surface area contributed by atoms with Crippen LogP contribution in [0, 0.1) is 5.82 Å². The van der Waals surface area contributed by atoms with Crippen LogP contribution < -0.4 is 9.04 Å². The molecule has 2 aliphatic rings. The van der Waals surface area contributed by atoms with Crippen LogP contribution >= 0.6 is 11.6 Å². The average Bonchev–Trinajstić information content (AvgIpc) is 3.73. The summed E-state index contributed by atoms with van der Waals surface area (Å²) in [4.78, 5) is 23.1. The number of fused-ring (bicyclic) bond motifs is 1. The number of oxazole rings is 1. The Morgan fingerprint density at radius 1 is 1.12 bits per heavy atom. The third-order valence-electron chi connectivity index (χ3n) is 8.00. The molecule has 9 nitrogen and oxygen atoms in total. The molecule has 0 radical (unpaired) electrons. The van der Waals surface area contributed by atoms with Crippen LogP contribution in [0.3, 0.4) is 0 Å². The zero-order valence-corrected chi connectivity index (χ0v) is 25.4. The van der Waals surface area contributed by atoms with Crippen LogP contribution in [0.25, 0.3) is 0 Å². The first-order valence-corrected chi connectivity index (χ1v) is 15.5. The van der Waals surface area contributed by atoms with Gasteiger partial charge in [0.2, 0.25) is 5.89 Å². The van der Waals surface area contributed by atoms with E-state index >= 15 is 9.18 Å². The van der Waals surface area contributed by atoms with Crippen molar-refractivity contribution in [3.05, 3.63) is 107 Å². The third-order valence-corrected chi connectivity index (χ3v) is 9.94. The number of nitrogens with zero attached hydrogens (tertiary/aromatic N) is 4. The molecule has 0 saturated carbocycles. The minimum Gasteiger partial charge on any atom is -0.497 e. The number of hydrogen-bond acceptors (Lipinski definition) is 8. The predicted octanol–water partition coefficient (Wildman–Crippen LogP) is 5.35. The number of amides is 1. The van der Waals surface area contributed by atoms with Crippen molar-refractivity contribution in [1.82, 2.24) is 14.8 Å². The molecule has 2 unspecified atom stereocenters. The molecule has 224 valence electrons. The summed E-state index contributed by atoms with van der Waals surface area (Å²) in [6.07, 6.45) is 4.16. The van der Waals surface area contributed by atoms with Crippen molar-refractivity contribution < 1.29 is 26.8 Å². The highest BCUT2D eigenvalue weighted by atomic mass is 35.5. The van der Waals surface area contributed by atoms with Crippen LogP contribution in [-0.2, 0) is 26.9 Å². The Bertz CT molecular complexity index is 1780. The fourth-order valence-electron chi connectivity index (χ4n) is 6.27. The molecule has 12 heteroatoms. The predicted molar refractivity (Wildman–Crippen MR) is 159 cm³/mol. The molecular weight excluding hydrogens is 595 g/mol. The number of rotatable bonds is 8. The van der Waals surface area contributed by atoms with E-state index in [-0.39, 0.29) is 26.7 Å². The minimum absolute atomic E-state index is 0.0336. The number of carbonyl (C=O) groups excluding carboxylic acids is 1. The van der Waals surface area contributed by atoms with Crippen LogP contribution in [0.15, 0.2) is 82.4 Å². The Kier molecular flexibility index (Phi) is 7.54. The van der Waals surface area contributed by atoms with Crippen molar-refractivity contribution in [1.29, 1.82) is 0 Å². The molecule has 2 atom stereocenters. The monoisotopic (exact) mass is 624 g/mol. The summed E-state index contributed by atoms with van der Waals surface area (Å²) >= 11 is 6.54. The van der Waals surface area contributed by atoms with Gasteiger partial charge in [0.05, 0.1) is 29.9 Å². The first kappa shape index (κ1) is 29.3. The highest BCUT2D eigenvalue weighted by Gasteiger charge is 2.62. The van der Waals surface area contributed by atoms with E-state index in [1.807, 2.05) is 23.9 Å². The number of ether oxygens (including phenoxy) is 1. The second kappa shape index (κ2) is 11.1. The Morgan fingerprint density at radius 2 is 1.88 bits per heavy atom. The number of anilines is 1. The Hall–Kier alpha value is -3.77. The minimum atomic E-state index is -4.47. The van der Waals surface area contributed by atoms with Crippen molar-refractivity contribution in [3.63, 3.8) is 0 Å². The van der Waals surface area contributed by atoms with Crippen molar-refractivity contribution in [2.24, 2.45) is 0 Å². The molecule has 43 heavy (non-hydrogen) atoms. The number of halogens is 2. The zero-order valence-electron chi connectivity index (χ0n) is 23.8. The normalized spacial score (nSPS) is 20.7. The van der Waals surface area contributed by atoms with E-state index in [9.17, 15) is 8.42 Å². The van der Waals surface area contributed by atoms with Crippen molar-refractivity contribution in [2.75, 3.05) is 32.1 Å². The lowest BCUT2D eigenvalue weighted by atomic mass is 9.80. The molecule has 3 heterocycles. The molecular formula is C31H30ClFN4O5S. The molecule has 6 rings (SSSR count). The molecule has 0 spiro atoms. The largest absolute Gasteiger partial charge is 0.497 e. The first-order valence-electron chi connectivity index (χ1n) is 13.7. The van der Waals surface area contributed by atoms with Gasteiger partial charge in [0.25, 0.3) is 15.9 Å². The third kappa shape index (κ3) is 4.71. The topological polar surface area (TPSA) is 96.2 Å². The van der Waals surface area contributed by atoms with Crippen LogP contribution in [0.5, 0.6) is 5.75 Å². The summed E-state index contributed by atoms with van der Waals surface area (Å²) in [6, 6.07) is 14.4. The molecule has 2 aliphatic heterocycles. The van der Waals surface area contributed by atoms with E-state index in [4.69, 9.17) is 20.8 Å². The van der Waals surface area contributed by atoms with E-state index in [0.717, 1.165) is 9.87 Å². The zero-order chi connectivity index (χ0) is 30.5. The standard InChI is InChI=1S/C31H30ClFN4O5S/c1-35(2)19-20-6-12-26(33)24(17-20)31(36-15-4-5-28(36)29-34-14-16-42-29)25-18-21(32)7-13-27(25)37(30(31)38)43(39,40)23-10-8-22(41-3)9-11-23/h6-14,16-18,28H,4-5,15,19H2,1-3H3. The van der Waals surface area contributed by atoms with Crippen LogP contribution in [0.1, 0.15) is 41.5 Å². The van der Waals surface area contributed by atoms with Gasteiger partial charge in [0.15, 0.2) is 5.54 Å². The fourth-order valence-corrected chi connectivity index (χ4v) is 7.90. The highest BCUT2D eigenvalue weighted by molar-refractivity contribution is 7.93. The van der Waals surface area contributed by atoms with Gasteiger partial charge in [0.1, 0.15) is 17.8 Å². The van der Waals surface area contributed by atoms with E-state index < -0.39 is 33.3 Å². The van der Waals surface area contributed by atoms with Crippen molar-refractivity contribution in [2.45, 2.75) is 35.9 Å². The van der Waals surface area contributed by atoms with Gasteiger partial charge in [-0.1, -0.05) is 17.7 Å². The summed E-state index contributed by atoms with van der Waals surface area (Å²) in [5.74, 6) is -0.670. The van der Waals surface area contributed by atoms with Gasteiger partial charge in [-0.3, -0.25) is 9.69 Å². The summed E-state index contributed by atoms with van der Waals surface area (Å²) < 4.78 is 56.6. The van der Waals surface area contributed by atoms with Crippen molar-refractivity contribution >= 4 is 33.2 Å². The molecule has 1 fully saturated rings. The summed E-state index contributed by atoms with van der Waals surface area (Å²) in [5, 5.41) is 0.274. The Balaban J connectivity index is 1.65. The van der Waals surface area contributed by atoms with Crippen LogP contribution in [0.4, 0.5) is 10.1 Å². The molecule has 0 N–H and O–H groups in total. The highest BCUT2D eigenvalue weighted by Crippen LogP contribution is 2.55. The number of methoxy groups -OCH3 is 1. The van der Waals surface area contributed by atoms with Gasteiger partial charge < -0.3 is 14.1 Å². The summed E-state index contributed by atoms with van der Waals surface area (Å²) in [5.41, 5.74) is -0.754. The molecule has 0 aliphatic carbocycles. The first-order chi connectivity index (χ1) is 20.6. The number of carbonyl (C=O) groups is 1. The molecule has 3 aromatic carbocycles. The quantitative estimate of drug-likeness (QED) is 0.259. The van der Waals surface area contributed by atoms with Gasteiger partial charge in [0, 0.05) is 29.2 Å². The smallest absolute Gasteiger partial charge is 0.271 e. The van der Waals surface area contributed by atoms with E-state index in [1.54, 1.807) is 18.2 Å². The summed E-state index contributed by atoms with van der Waals surface area (Å²) in [7, 11) is 0.773. The van der Waals surface area contributed by atoms with Crippen molar-refractivity contribution in [3.8, 4) is 5.75 Å². The lowest BCUT2D eigenvalue weighted by molar-refractivity contribution is -0.127. The summed E-state index contributed by atoms with van der Waals surface area (Å²) in [6.45, 7) is 0.815. The number of aromatic nitrogens is 1. The molecule has 0 bridgehead atoms. The fraction of sp³-hybridized carbons (Fsp3) is 0.290. The molecule has 1 amide bonds. The van der Waals surface area contributed by atoms with Gasteiger partial charge in [-0.05, 0) is 87.1 Å². The molecule has 4 aromatic rings. The van der Waals surface area contributed by atoms with E-state index in [2.05, 4.69) is 4.98 Å². The number of benzene rings is 3. The van der Waals surface area contributed by atoms with Gasteiger partial charge in [-0.2, -0.15) is 0 Å². The Labute approximate surface area is 254 Å². The van der Waals surface area contributed by atoms with Gasteiger partial charge in [-0.25, -0.2) is 22.1 Å². The molecule has 1 aromatic heterocycles. The second-order valence-electron chi connectivity index (χ2n) is 10.9. The second-order valence-corrected chi connectivity index (χ2v) is 13.1.